The number of carbonyl (C=O) groups is 1. The molecule has 0 aliphatic rings. The molecule has 4 nitrogen and oxygen atoms in total. The molecule has 4 aromatic carbocycles. The molecule has 1 amide bonds. The number of fused-ring (bicyclic) bond motifs is 2. The maximum Gasteiger partial charge on any atom is 0.248 e. The Morgan fingerprint density at radius 1 is 0.939 bits per heavy atom. The molecule has 0 unspecified atom stereocenters. The number of aromatic nitrogens is 1. The molecular weight excluding hydrogens is 408 g/mol. The molecule has 0 atom stereocenters. The van der Waals surface area contributed by atoms with E-state index < -0.39 is 0 Å². The van der Waals surface area contributed by atoms with Crippen molar-refractivity contribution in [3.05, 3.63) is 102 Å². The normalized spacial score (nSPS) is 11.6. The lowest BCUT2D eigenvalue weighted by Crippen LogP contribution is -2.07. The average Bonchev–Trinajstić information content (AvgIpc) is 3.26. The van der Waals surface area contributed by atoms with E-state index in [-0.39, 0.29) is 5.91 Å². The summed E-state index contributed by atoms with van der Waals surface area (Å²) < 4.78 is 6.02. The number of amides is 1. The largest absolute Gasteiger partial charge is 0.436 e. The fraction of sp³-hybridized carbons (Fsp3) is 0.103. The highest BCUT2D eigenvalue weighted by Crippen LogP contribution is 2.31. The van der Waals surface area contributed by atoms with Crippen LogP contribution in [0.3, 0.4) is 0 Å². The van der Waals surface area contributed by atoms with Crippen LogP contribution in [-0.2, 0) is 4.79 Å². The number of carbonyl (C=O) groups excluding carboxylic acids is 1. The van der Waals surface area contributed by atoms with Crippen LogP contribution in [0.25, 0.3) is 39.4 Å². The van der Waals surface area contributed by atoms with Crippen LogP contribution < -0.4 is 5.32 Å². The quantitative estimate of drug-likeness (QED) is 0.294. The van der Waals surface area contributed by atoms with Crippen LogP contribution in [-0.4, -0.2) is 10.9 Å². The van der Waals surface area contributed by atoms with E-state index in [0.717, 1.165) is 21.9 Å². The average molecular weight is 433 g/mol. The standard InChI is InChI=1S/C29H24N2O2/c1-19(2)21-13-10-20(11-14-21)12-17-28(32)30-23-15-16-27-26(18-23)31-29(33-27)25-9-5-7-22-6-3-4-8-24(22)25/h3-19H,1-2H3,(H,30,32)/b17-12+. The van der Waals surface area contributed by atoms with Crippen molar-refractivity contribution in [2.24, 2.45) is 0 Å². The first kappa shape index (κ1) is 20.7. The van der Waals surface area contributed by atoms with Crippen LogP contribution in [0.15, 0.2) is 95.4 Å². The third kappa shape index (κ3) is 4.41. The Balaban J connectivity index is 1.35. The molecule has 0 radical (unpaired) electrons. The van der Waals surface area contributed by atoms with Gasteiger partial charge in [0.2, 0.25) is 11.8 Å². The van der Waals surface area contributed by atoms with Crippen LogP contribution in [0.2, 0.25) is 0 Å². The van der Waals surface area contributed by atoms with Crippen molar-refractivity contribution in [2.75, 3.05) is 5.32 Å². The van der Waals surface area contributed by atoms with E-state index in [4.69, 9.17) is 4.42 Å². The minimum Gasteiger partial charge on any atom is -0.436 e. The molecular formula is C29H24N2O2. The van der Waals surface area contributed by atoms with E-state index in [1.54, 1.807) is 6.08 Å². The van der Waals surface area contributed by atoms with Gasteiger partial charge >= 0.3 is 0 Å². The SMILES string of the molecule is CC(C)c1ccc(/C=C/C(=O)Nc2ccc3oc(-c4cccc5ccccc45)nc3c2)cc1. The van der Waals surface area contributed by atoms with Crippen molar-refractivity contribution in [3.8, 4) is 11.5 Å². The zero-order valence-electron chi connectivity index (χ0n) is 18.6. The molecule has 0 spiro atoms. The van der Waals surface area contributed by atoms with Gasteiger partial charge in [-0.2, -0.15) is 0 Å². The Kier molecular flexibility index (Phi) is 5.49. The summed E-state index contributed by atoms with van der Waals surface area (Å²) in [5.74, 6) is 0.856. The summed E-state index contributed by atoms with van der Waals surface area (Å²) in [4.78, 5) is 17.1. The minimum atomic E-state index is -0.194. The molecule has 0 bridgehead atoms. The summed E-state index contributed by atoms with van der Waals surface area (Å²) in [5, 5.41) is 5.13. The number of nitrogens with zero attached hydrogens (tertiary/aromatic N) is 1. The molecule has 4 heteroatoms. The van der Waals surface area contributed by atoms with E-state index in [1.807, 2.05) is 60.7 Å². The van der Waals surface area contributed by atoms with Gasteiger partial charge in [0, 0.05) is 17.3 Å². The van der Waals surface area contributed by atoms with Crippen molar-refractivity contribution in [3.63, 3.8) is 0 Å². The summed E-state index contributed by atoms with van der Waals surface area (Å²) in [6, 6.07) is 28.0. The van der Waals surface area contributed by atoms with E-state index in [0.29, 0.717) is 28.6 Å². The topological polar surface area (TPSA) is 55.1 Å². The second-order valence-corrected chi connectivity index (χ2v) is 8.37. The Labute approximate surface area is 192 Å². The Bertz CT molecular complexity index is 1470. The molecule has 1 N–H and O–H groups in total. The predicted molar refractivity (Wildman–Crippen MR) is 135 cm³/mol. The maximum atomic E-state index is 12.4. The second kappa shape index (κ2) is 8.75. The smallest absolute Gasteiger partial charge is 0.248 e. The molecule has 5 aromatic rings. The molecule has 5 rings (SSSR count). The van der Waals surface area contributed by atoms with Gasteiger partial charge in [-0.05, 0) is 58.2 Å². The van der Waals surface area contributed by atoms with E-state index in [9.17, 15) is 4.79 Å². The Morgan fingerprint density at radius 2 is 1.73 bits per heavy atom. The number of nitrogens with one attached hydrogen (secondary N) is 1. The molecule has 162 valence electrons. The lowest BCUT2D eigenvalue weighted by Gasteiger charge is -2.04. The summed E-state index contributed by atoms with van der Waals surface area (Å²) in [6.07, 6.45) is 3.35. The number of oxazole rings is 1. The Hall–Kier alpha value is -4.18. The monoisotopic (exact) mass is 432 g/mol. The number of hydrogen-bond donors (Lipinski definition) is 1. The third-order valence-corrected chi connectivity index (χ3v) is 5.71. The molecule has 0 aliphatic heterocycles. The van der Waals surface area contributed by atoms with Crippen LogP contribution in [0.5, 0.6) is 0 Å². The van der Waals surface area contributed by atoms with E-state index in [2.05, 4.69) is 54.5 Å². The molecule has 1 aromatic heterocycles. The first-order valence-corrected chi connectivity index (χ1v) is 11.0. The van der Waals surface area contributed by atoms with Gasteiger partial charge in [0.25, 0.3) is 0 Å². The summed E-state index contributed by atoms with van der Waals surface area (Å²) in [5.41, 5.74) is 5.26. The number of benzene rings is 4. The molecule has 33 heavy (non-hydrogen) atoms. The van der Waals surface area contributed by atoms with Crippen molar-refractivity contribution in [1.29, 1.82) is 0 Å². The highest BCUT2D eigenvalue weighted by Gasteiger charge is 2.12. The molecule has 0 fully saturated rings. The second-order valence-electron chi connectivity index (χ2n) is 8.37. The first-order chi connectivity index (χ1) is 16.1. The number of hydrogen-bond acceptors (Lipinski definition) is 3. The van der Waals surface area contributed by atoms with Gasteiger partial charge in [-0.3, -0.25) is 4.79 Å². The summed E-state index contributed by atoms with van der Waals surface area (Å²) in [7, 11) is 0. The van der Waals surface area contributed by atoms with Gasteiger partial charge < -0.3 is 9.73 Å². The number of anilines is 1. The number of rotatable bonds is 5. The predicted octanol–water partition coefficient (Wildman–Crippen LogP) is 7.42. The van der Waals surface area contributed by atoms with Crippen LogP contribution in [0.4, 0.5) is 5.69 Å². The highest BCUT2D eigenvalue weighted by atomic mass is 16.3. The Morgan fingerprint density at radius 3 is 2.55 bits per heavy atom. The lowest BCUT2D eigenvalue weighted by atomic mass is 10.0. The van der Waals surface area contributed by atoms with Gasteiger partial charge in [0.1, 0.15) is 5.52 Å². The zero-order valence-corrected chi connectivity index (χ0v) is 18.6. The lowest BCUT2D eigenvalue weighted by molar-refractivity contribution is -0.111. The van der Waals surface area contributed by atoms with Crippen LogP contribution >= 0.6 is 0 Å². The van der Waals surface area contributed by atoms with Gasteiger partial charge in [-0.15, -0.1) is 0 Å². The van der Waals surface area contributed by atoms with Crippen molar-refractivity contribution < 1.29 is 9.21 Å². The van der Waals surface area contributed by atoms with E-state index in [1.165, 1.54) is 5.56 Å². The fourth-order valence-corrected chi connectivity index (χ4v) is 3.88. The van der Waals surface area contributed by atoms with Gasteiger partial charge in [-0.25, -0.2) is 4.98 Å². The van der Waals surface area contributed by atoms with Crippen LogP contribution in [0, 0.1) is 0 Å². The van der Waals surface area contributed by atoms with Gasteiger partial charge in [0.15, 0.2) is 5.58 Å². The minimum absolute atomic E-state index is 0.194. The van der Waals surface area contributed by atoms with Crippen LogP contribution in [0.1, 0.15) is 30.9 Å². The summed E-state index contributed by atoms with van der Waals surface area (Å²) >= 11 is 0. The van der Waals surface area contributed by atoms with E-state index >= 15 is 0 Å². The molecule has 0 saturated carbocycles. The van der Waals surface area contributed by atoms with Crippen molar-refractivity contribution >= 4 is 39.5 Å². The van der Waals surface area contributed by atoms with Crippen molar-refractivity contribution in [2.45, 2.75) is 19.8 Å². The van der Waals surface area contributed by atoms with Gasteiger partial charge in [-0.1, -0.05) is 74.5 Å². The summed E-state index contributed by atoms with van der Waals surface area (Å²) in [6.45, 7) is 4.32. The first-order valence-electron chi connectivity index (χ1n) is 11.0. The molecule has 0 saturated heterocycles. The fourth-order valence-electron chi connectivity index (χ4n) is 3.88. The highest BCUT2D eigenvalue weighted by molar-refractivity contribution is 6.03. The molecule has 0 aliphatic carbocycles. The van der Waals surface area contributed by atoms with Gasteiger partial charge in [0.05, 0.1) is 0 Å². The maximum absolute atomic E-state index is 12.4. The molecule has 1 heterocycles. The zero-order chi connectivity index (χ0) is 22.8. The third-order valence-electron chi connectivity index (χ3n) is 5.71. The van der Waals surface area contributed by atoms with Crippen molar-refractivity contribution in [1.82, 2.24) is 4.98 Å².